The molecule has 0 radical (unpaired) electrons. The Morgan fingerprint density at radius 1 is 1.00 bits per heavy atom. The first-order valence-corrected chi connectivity index (χ1v) is 10.7. The molecular formula is C24H26N4O4. The molecule has 0 spiro atoms. The summed E-state index contributed by atoms with van der Waals surface area (Å²) in [6.45, 7) is 4.09. The largest absolute Gasteiger partial charge is 0.377 e. The minimum atomic E-state index is -0.983. The van der Waals surface area contributed by atoms with Crippen molar-refractivity contribution in [3.8, 4) is 0 Å². The highest BCUT2D eigenvalue weighted by Crippen LogP contribution is 2.32. The van der Waals surface area contributed by atoms with Crippen LogP contribution in [0.4, 0.5) is 5.69 Å². The number of nitrogens with one attached hydrogen (secondary N) is 2. The van der Waals surface area contributed by atoms with Crippen molar-refractivity contribution in [1.82, 2.24) is 10.2 Å². The molecule has 4 N–H and O–H groups in total. The summed E-state index contributed by atoms with van der Waals surface area (Å²) in [5.41, 5.74) is 8.63. The second kappa shape index (κ2) is 8.55. The van der Waals surface area contributed by atoms with Gasteiger partial charge in [-0.2, -0.15) is 0 Å². The summed E-state index contributed by atoms with van der Waals surface area (Å²) < 4.78 is 0. The molecule has 2 aromatic rings. The molecule has 2 heterocycles. The first kappa shape index (κ1) is 21.7. The average Bonchev–Trinajstić information content (AvgIpc) is 3.02. The van der Waals surface area contributed by atoms with Crippen molar-refractivity contribution in [2.45, 2.75) is 44.8 Å². The number of hydrogen-bond acceptors (Lipinski definition) is 6. The molecule has 0 saturated carbocycles. The molecule has 3 atom stereocenters. The van der Waals surface area contributed by atoms with Gasteiger partial charge in [0.25, 0.3) is 11.8 Å². The van der Waals surface area contributed by atoms with Gasteiger partial charge in [-0.1, -0.05) is 44.2 Å². The Kier molecular flexibility index (Phi) is 5.80. The highest BCUT2D eigenvalue weighted by Gasteiger charge is 2.44. The molecule has 0 aliphatic carbocycles. The van der Waals surface area contributed by atoms with Crippen LogP contribution in [0, 0.1) is 5.92 Å². The lowest BCUT2D eigenvalue weighted by Crippen LogP contribution is -2.54. The summed E-state index contributed by atoms with van der Waals surface area (Å²) >= 11 is 0. The number of amides is 4. The van der Waals surface area contributed by atoms with Gasteiger partial charge in [-0.15, -0.1) is 0 Å². The number of benzene rings is 2. The molecule has 0 bridgehead atoms. The summed E-state index contributed by atoms with van der Waals surface area (Å²) in [6.07, 6.45) is 0.211. The van der Waals surface area contributed by atoms with Crippen LogP contribution in [0.2, 0.25) is 0 Å². The van der Waals surface area contributed by atoms with Crippen LogP contribution < -0.4 is 16.4 Å². The maximum absolute atomic E-state index is 13.1. The molecule has 166 valence electrons. The van der Waals surface area contributed by atoms with Crippen molar-refractivity contribution in [3.05, 3.63) is 65.2 Å². The van der Waals surface area contributed by atoms with Gasteiger partial charge in [0.2, 0.25) is 11.8 Å². The molecule has 2 aliphatic rings. The summed E-state index contributed by atoms with van der Waals surface area (Å²) in [5.74, 6) is -1.88. The second-order valence-corrected chi connectivity index (χ2v) is 8.56. The van der Waals surface area contributed by atoms with E-state index >= 15 is 0 Å². The van der Waals surface area contributed by atoms with Crippen LogP contribution in [0.5, 0.6) is 0 Å². The molecule has 2 aromatic carbocycles. The van der Waals surface area contributed by atoms with Gasteiger partial charge in [-0.05, 0) is 36.1 Å². The summed E-state index contributed by atoms with van der Waals surface area (Å²) in [4.78, 5) is 50.6. The lowest BCUT2D eigenvalue weighted by atomic mass is 9.91. The molecule has 8 nitrogen and oxygen atoms in total. The van der Waals surface area contributed by atoms with Gasteiger partial charge in [-0.25, -0.2) is 0 Å². The zero-order chi connectivity index (χ0) is 23.0. The van der Waals surface area contributed by atoms with Crippen LogP contribution in [0.3, 0.4) is 0 Å². The van der Waals surface area contributed by atoms with Crippen LogP contribution in [0.15, 0.2) is 48.5 Å². The first-order chi connectivity index (χ1) is 15.3. The number of piperidine rings is 1. The summed E-state index contributed by atoms with van der Waals surface area (Å²) in [5, 5.41) is 5.62. The molecular weight excluding hydrogens is 408 g/mol. The minimum Gasteiger partial charge on any atom is -0.377 e. The van der Waals surface area contributed by atoms with Crippen molar-refractivity contribution in [2.75, 3.05) is 5.32 Å². The van der Waals surface area contributed by atoms with Gasteiger partial charge in [0, 0.05) is 18.2 Å². The summed E-state index contributed by atoms with van der Waals surface area (Å²) in [7, 11) is 0. The Balaban J connectivity index is 1.62. The SMILES string of the molecule is CC(C)C(N)C(Nc1ccc2c(c1)C(=O)N(C1CCC(=O)NC1=O)C2=O)c1ccccc1. The van der Waals surface area contributed by atoms with E-state index in [4.69, 9.17) is 5.73 Å². The van der Waals surface area contributed by atoms with E-state index in [1.54, 1.807) is 18.2 Å². The first-order valence-electron chi connectivity index (χ1n) is 10.7. The van der Waals surface area contributed by atoms with E-state index < -0.39 is 29.7 Å². The van der Waals surface area contributed by atoms with Gasteiger partial charge in [0.05, 0.1) is 17.2 Å². The number of nitrogens with zero attached hydrogens (tertiary/aromatic N) is 1. The maximum atomic E-state index is 13.1. The zero-order valence-electron chi connectivity index (χ0n) is 18.0. The number of hydrogen-bond donors (Lipinski definition) is 3. The Labute approximate surface area is 186 Å². The maximum Gasteiger partial charge on any atom is 0.262 e. The highest BCUT2D eigenvalue weighted by atomic mass is 16.2. The fraction of sp³-hybridized carbons (Fsp3) is 0.333. The molecule has 3 unspecified atom stereocenters. The Hall–Kier alpha value is -3.52. The van der Waals surface area contributed by atoms with Crippen molar-refractivity contribution >= 4 is 29.3 Å². The lowest BCUT2D eigenvalue weighted by Gasteiger charge is -2.29. The Bertz CT molecular complexity index is 1080. The van der Waals surface area contributed by atoms with Gasteiger partial charge in [0.1, 0.15) is 6.04 Å². The van der Waals surface area contributed by atoms with E-state index in [-0.39, 0.29) is 42.0 Å². The van der Waals surface area contributed by atoms with Crippen molar-refractivity contribution < 1.29 is 19.2 Å². The van der Waals surface area contributed by atoms with Crippen molar-refractivity contribution in [1.29, 1.82) is 0 Å². The van der Waals surface area contributed by atoms with E-state index in [0.717, 1.165) is 10.5 Å². The number of rotatable bonds is 6. The molecule has 32 heavy (non-hydrogen) atoms. The monoisotopic (exact) mass is 434 g/mol. The van der Waals surface area contributed by atoms with E-state index in [2.05, 4.69) is 10.6 Å². The molecule has 2 aliphatic heterocycles. The number of carbonyl (C=O) groups is 4. The van der Waals surface area contributed by atoms with Crippen molar-refractivity contribution in [2.24, 2.45) is 11.7 Å². The number of imide groups is 2. The molecule has 4 rings (SSSR count). The van der Waals surface area contributed by atoms with E-state index in [9.17, 15) is 19.2 Å². The topological polar surface area (TPSA) is 122 Å². The normalized spacial score (nSPS) is 20.2. The van der Waals surface area contributed by atoms with E-state index in [1.165, 1.54) is 0 Å². The van der Waals surface area contributed by atoms with Crippen LogP contribution >= 0.6 is 0 Å². The molecule has 0 aromatic heterocycles. The standard InChI is InChI=1S/C24H26N4O4/c1-13(2)20(25)21(14-6-4-3-5-7-14)26-15-8-9-16-17(12-15)24(32)28(23(16)31)18-10-11-19(29)27-22(18)30/h3-9,12-13,18,20-21,26H,10-11,25H2,1-2H3,(H,27,29,30). The quantitative estimate of drug-likeness (QED) is 0.600. The zero-order valence-corrected chi connectivity index (χ0v) is 18.0. The Morgan fingerprint density at radius 2 is 1.69 bits per heavy atom. The Morgan fingerprint density at radius 3 is 2.34 bits per heavy atom. The van der Waals surface area contributed by atoms with Gasteiger partial charge < -0.3 is 11.1 Å². The number of carbonyl (C=O) groups excluding carboxylic acids is 4. The predicted molar refractivity (Wildman–Crippen MR) is 119 cm³/mol. The number of anilines is 1. The minimum absolute atomic E-state index is 0.0858. The third-order valence-electron chi connectivity index (χ3n) is 6.08. The van der Waals surface area contributed by atoms with Crippen LogP contribution in [0.25, 0.3) is 0 Å². The fourth-order valence-electron chi connectivity index (χ4n) is 4.19. The molecule has 8 heteroatoms. The predicted octanol–water partition coefficient (Wildman–Crippen LogP) is 2.22. The smallest absolute Gasteiger partial charge is 0.262 e. The third-order valence-corrected chi connectivity index (χ3v) is 6.08. The number of fused-ring (bicyclic) bond motifs is 1. The van der Waals surface area contributed by atoms with Gasteiger partial charge in [0.15, 0.2) is 0 Å². The third kappa shape index (κ3) is 3.89. The lowest BCUT2D eigenvalue weighted by molar-refractivity contribution is -0.136. The molecule has 1 saturated heterocycles. The van der Waals surface area contributed by atoms with E-state index in [1.807, 2.05) is 44.2 Å². The average molecular weight is 434 g/mol. The fourth-order valence-corrected chi connectivity index (χ4v) is 4.19. The molecule has 1 fully saturated rings. The van der Waals surface area contributed by atoms with Gasteiger partial charge in [-0.3, -0.25) is 29.4 Å². The van der Waals surface area contributed by atoms with Crippen molar-refractivity contribution in [3.63, 3.8) is 0 Å². The molecule has 4 amide bonds. The number of nitrogens with two attached hydrogens (primary N) is 1. The van der Waals surface area contributed by atoms with Crippen LogP contribution in [-0.4, -0.2) is 40.6 Å². The van der Waals surface area contributed by atoms with Crippen LogP contribution in [0.1, 0.15) is 59.0 Å². The van der Waals surface area contributed by atoms with Gasteiger partial charge >= 0.3 is 0 Å². The van der Waals surface area contributed by atoms with Crippen LogP contribution in [-0.2, 0) is 9.59 Å². The second-order valence-electron chi connectivity index (χ2n) is 8.56. The highest BCUT2D eigenvalue weighted by molar-refractivity contribution is 6.23. The van der Waals surface area contributed by atoms with E-state index in [0.29, 0.717) is 5.69 Å². The summed E-state index contributed by atoms with van der Waals surface area (Å²) in [6, 6.07) is 13.4.